The molecule has 0 bridgehead atoms. The molecule has 6 heteroatoms. The molecule has 1 heterocycles. The zero-order valence-electron chi connectivity index (χ0n) is 10.9. The van der Waals surface area contributed by atoms with Gasteiger partial charge in [-0.15, -0.1) is 0 Å². The van der Waals surface area contributed by atoms with Crippen LogP contribution in [0.4, 0.5) is 4.39 Å². The van der Waals surface area contributed by atoms with Crippen LogP contribution in [0.1, 0.15) is 19.2 Å². The summed E-state index contributed by atoms with van der Waals surface area (Å²) in [5, 5.41) is 3.73. The van der Waals surface area contributed by atoms with E-state index in [4.69, 9.17) is 9.26 Å². The van der Waals surface area contributed by atoms with Crippen molar-refractivity contribution in [2.75, 3.05) is 0 Å². The third-order valence-corrected chi connectivity index (χ3v) is 3.32. The molecule has 104 valence electrons. The van der Waals surface area contributed by atoms with E-state index in [9.17, 15) is 9.18 Å². The molecule has 1 aromatic carbocycles. The monoisotopic (exact) mass is 276 g/mol. The van der Waals surface area contributed by atoms with Crippen molar-refractivity contribution in [3.8, 4) is 11.5 Å². The molecule has 0 radical (unpaired) electrons. The highest BCUT2D eigenvalue weighted by Crippen LogP contribution is 2.38. The Hall–Kier alpha value is -2.24. The fourth-order valence-electron chi connectivity index (χ4n) is 1.92. The average molecular weight is 276 g/mol. The fourth-order valence-corrected chi connectivity index (χ4v) is 1.92. The van der Waals surface area contributed by atoms with Gasteiger partial charge in [0.15, 0.2) is 6.61 Å². The van der Waals surface area contributed by atoms with Crippen molar-refractivity contribution in [2.45, 2.75) is 20.0 Å². The minimum atomic E-state index is -0.332. The van der Waals surface area contributed by atoms with Crippen molar-refractivity contribution in [3.05, 3.63) is 35.9 Å². The predicted molar refractivity (Wildman–Crippen MR) is 66.8 cm³/mol. The van der Waals surface area contributed by atoms with Crippen LogP contribution in [0.3, 0.4) is 0 Å². The first kappa shape index (κ1) is 12.8. The SMILES string of the molecule is CC1CC1C(=O)OCc1noc(-c2ccc(F)cc2)n1. The van der Waals surface area contributed by atoms with E-state index in [1.165, 1.54) is 12.1 Å². The number of halogens is 1. The van der Waals surface area contributed by atoms with Crippen molar-refractivity contribution < 1.29 is 18.4 Å². The lowest BCUT2D eigenvalue weighted by Gasteiger charge is -1.99. The zero-order valence-corrected chi connectivity index (χ0v) is 10.9. The van der Waals surface area contributed by atoms with Gasteiger partial charge in [-0.05, 0) is 36.6 Å². The van der Waals surface area contributed by atoms with Crippen LogP contribution in [0.2, 0.25) is 0 Å². The van der Waals surface area contributed by atoms with Crippen LogP contribution in [0, 0.1) is 17.7 Å². The minimum absolute atomic E-state index is 0.00719. The number of rotatable bonds is 4. The Kier molecular flexibility index (Phi) is 3.22. The van der Waals surface area contributed by atoms with E-state index in [-0.39, 0.29) is 30.2 Å². The second-order valence-corrected chi connectivity index (χ2v) is 4.95. The van der Waals surface area contributed by atoms with E-state index in [2.05, 4.69) is 10.1 Å². The molecule has 0 amide bonds. The summed E-state index contributed by atoms with van der Waals surface area (Å²) in [6.45, 7) is 2.00. The van der Waals surface area contributed by atoms with Gasteiger partial charge in [-0.25, -0.2) is 4.39 Å². The van der Waals surface area contributed by atoms with Crippen LogP contribution >= 0.6 is 0 Å². The first-order chi connectivity index (χ1) is 9.63. The molecular formula is C14H13FN2O3. The van der Waals surface area contributed by atoms with Crippen molar-refractivity contribution in [3.63, 3.8) is 0 Å². The molecular weight excluding hydrogens is 263 g/mol. The van der Waals surface area contributed by atoms with Gasteiger partial charge in [0.05, 0.1) is 5.92 Å². The molecule has 3 rings (SSSR count). The molecule has 1 aliphatic carbocycles. The maximum absolute atomic E-state index is 12.8. The summed E-state index contributed by atoms with van der Waals surface area (Å²) < 4.78 is 23.0. The fraction of sp³-hybridized carbons (Fsp3) is 0.357. The summed E-state index contributed by atoms with van der Waals surface area (Å²) in [5.74, 6) is 0.439. The summed E-state index contributed by atoms with van der Waals surface area (Å²) in [7, 11) is 0. The summed E-state index contributed by atoms with van der Waals surface area (Å²) >= 11 is 0. The number of esters is 1. The number of carbonyl (C=O) groups excluding carboxylic acids is 1. The van der Waals surface area contributed by atoms with E-state index < -0.39 is 0 Å². The smallest absolute Gasteiger partial charge is 0.309 e. The summed E-state index contributed by atoms with van der Waals surface area (Å²) in [6, 6.07) is 5.72. The predicted octanol–water partition coefficient (Wildman–Crippen LogP) is 2.57. The second kappa shape index (κ2) is 5.03. The van der Waals surface area contributed by atoms with E-state index >= 15 is 0 Å². The zero-order chi connectivity index (χ0) is 14.1. The van der Waals surface area contributed by atoms with Gasteiger partial charge in [0.1, 0.15) is 5.82 Å². The van der Waals surface area contributed by atoms with Gasteiger partial charge in [0, 0.05) is 5.56 Å². The quantitative estimate of drug-likeness (QED) is 0.803. The molecule has 1 aliphatic rings. The summed E-state index contributed by atoms with van der Waals surface area (Å²) in [4.78, 5) is 15.7. The lowest BCUT2D eigenvalue weighted by molar-refractivity contribution is -0.147. The number of carbonyl (C=O) groups is 1. The van der Waals surface area contributed by atoms with E-state index in [0.29, 0.717) is 17.3 Å². The van der Waals surface area contributed by atoms with E-state index in [0.717, 1.165) is 6.42 Å². The Morgan fingerprint density at radius 2 is 2.15 bits per heavy atom. The van der Waals surface area contributed by atoms with Gasteiger partial charge in [0.2, 0.25) is 5.82 Å². The Bertz CT molecular complexity index is 624. The average Bonchev–Trinajstić information content (AvgIpc) is 3.00. The maximum Gasteiger partial charge on any atom is 0.309 e. The summed E-state index contributed by atoms with van der Waals surface area (Å²) in [6.07, 6.45) is 0.881. The van der Waals surface area contributed by atoms with E-state index in [1.54, 1.807) is 12.1 Å². The molecule has 2 atom stereocenters. The Labute approximate surface area is 114 Å². The first-order valence-corrected chi connectivity index (χ1v) is 6.38. The van der Waals surface area contributed by atoms with Crippen molar-refractivity contribution in [1.29, 1.82) is 0 Å². The highest BCUT2D eigenvalue weighted by molar-refractivity contribution is 5.75. The lowest BCUT2D eigenvalue weighted by atomic mass is 10.2. The van der Waals surface area contributed by atoms with Crippen molar-refractivity contribution in [1.82, 2.24) is 10.1 Å². The van der Waals surface area contributed by atoms with Crippen LogP contribution in [-0.2, 0) is 16.1 Å². The van der Waals surface area contributed by atoms with Crippen LogP contribution in [0.5, 0.6) is 0 Å². The molecule has 0 N–H and O–H groups in total. The molecule has 0 saturated heterocycles. The molecule has 2 unspecified atom stereocenters. The first-order valence-electron chi connectivity index (χ1n) is 6.38. The molecule has 0 spiro atoms. The van der Waals surface area contributed by atoms with Gasteiger partial charge in [0.25, 0.3) is 5.89 Å². The molecule has 1 fully saturated rings. The van der Waals surface area contributed by atoms with Gasteiger partial charge >= 0.3 is 5.97 Å². The normalized spacial score (nSPS) is 20.7. The van der Waals surface area contributed by atoms with Gasteiger partial charge in [-0.3, -0.25) is 4.79 Å². The number of aromatic nitrogens is 2. The van der Waals surface area contributed by atoms with Crippen LogP contribution < -0.4 is 0 Å². The Balaban J connectivity index is 1.62. The second-order valence-electron chi connectivity index (χ2n) is 4.95. The minimum Gasteiger partial charge on any atom is -0.457 e. The third-order valence-electron chi connectivity index (χ3n) is 3.32. The molecule has 0 aliphatic heterocycles. The molecule has 20 heavy (non-hydrogen) atoms. The Morgan fingerprint density at radius 1 is 1.45 bits per heavy atom. The number of hydrogen-bond donors (Lipinski definition) is 0. The standard InChI is InChI=1S/C14H13FN2O3/c1-8-6-11(8)14(18)19-7-12-16-13(20-17-12)9-2-4-10(15)5-3-9/h2-5,8,11H,6-7H2,1H3. The summed E-state index contributed by atoms with van der Waals surface area (Å²) in [5.41, 5.74) is 0.618. The highest BCUT2D eigenvalue weighted by Gasteiger charge is 2.40. The van der Waals surface area contributed by atoms with Crippen LogP contribution in [0.15, 0.2) is 28.8 Å². The van der Waals surface area contributed by atoms with Crippen molar-refractivity contribution >= 4 is 5.97 Å². The number of benzene rings is 1. The van der Waals surface area contributed by atoms with Crippen molar-refractivity contribution in [2.24, 2.45) is 11.8 Å². The molecule has 2 aromatic rings. The van der Waals surface area contributed by atoms with Crippen LogP contribution in [-0.4, -0.2) is 16.1 Å². The van der Waals surface area contributed by atoms with Gasteiger partial charge < -0.3 is 9.26 Å². The highest BCUT2D eigenvalue weighted by atomic mass is 19.1. The van der Waals surface area contributed by atoms with E-state index in [1.807, 2.05) is 6.92 Å². The molecule has 5 nitrogen and oxygen atoms in total. The Morgan fingerprint density at radius 3 is 2.80 bits per heavy atom. The topological polar surface area (TPSA) is 65.2 Å². The molecule has 1 saturated carbocycles. The number of hydrogen-bond acceptors (Lipinski definition) is 5. The molecule has 1 aromatic heterocycles. The van der Waals surface area contributed by atoms with Gasteiger partial charge in [-0.1, -0.05) is 12.1 Å². The maximum atomic E-state index is 12.8. The lowest BCUT2D eigenvalue weighted by Crippen LogP contribution is -2.08. The third kappa shape index (κ3) is 2.68. The largest absolute Gasteiger partial charge is 0.457 e. The number of ether oxygens (including phenoxy) is 1. The van der Waals surface area contributed by atoms with Crippen LogP contribution in [0.25, 0.3) is 11.5 Å². The number of nitrogens with zero attached hydrogens (tertiary/aromatic N) is 2. The van der Waals surface area contributed by atoms with Gasteiger partial charge in [-0.2, -0.15) is 4.98 Å².